The highest BCUT2D eigenvalue weighted by molar-refractivity contribution is 7.98. The molecule has 0 radical (unpaired) electrons. The average molecular weight is 469 g/mol. The molecule has 2 heterocycles. The fourth-order valence-corrected chi connectivity index (χ4v) is 5.98. The Morgan fingerprint density at radius 1 is 1.17 bits per heavy atom. The van der Waals surface area contributed by atoms with Gasteiger partial charge in [0.2, 0.25) is 5.91 Å². The number of furan rings is 1. The zero-order valence-electron chi connectivity index (χ0n) is 16.0. The minimum absolute atomic E-state index is 0.119. The van der Waals surface area contributed by atoms with Crippen LogP contribution in [0.15, 0.2) is 68.8 Å². The first-order valence-corrected chi connectivity index (χ1v) is 12.6. The molecule has 2 aromatic heterocycles. The molecule has 0 aliphatic carbocycles. The smallest absolute Gasteiger partial charge is 0.274 e. The summed E-state index contributed by atoms with van der Waals surface area (Å²) in [5, 5.41) is 4.40. The van der Waals surface area contributed by atoms with Gasteiger partial charge in [-0.1, -0.05) is 6.07 Å². The summed E-state index contributed by atoms with van der Waals surface area (Å²) < 4.78 is 45.6. The van der Waals surface area contributed by atoms with Gasteiger partial charge in [0, 0.05) is 6.54 Å². The fraction of sp³-hybridized carbons (Fsp3) is 0.250. The molecule has 30 heavy (non-hydrogen) atoms. The molecular weight excluding hydrogens is 447 g/mol. The van der Waals surface area contributed by atoms with E-state index in [1.807, 2.05) is 12.1 Å². The summed E-state index contributed by atoms with van der Waals surface area (Å²) in [6.45, 7) is 0.0473. The van der Waals surface area contributed by atoms with Gasteiger partial charge in [-0.25, -0.2) is 12.8 Å². The summed E-state index contributed by atoms with van der Waals surface area (Å²) in [6, 6.07) is 11.9. The first-order chi connectivity index (χ1) is 14.5. The van der Waals surface area contributed by atoms with Crippen LogP contribution in [0.2, 0.25) is 0 Å². The van der Waals surface area contributed by atoms with Crippen molar-refractivity contribution >= 4 is 44.7 Å². The van der Waals surface area contributed by atoms with E-state index < -0.39 is 21.7 Å². The number of nitrogens with one attached hydrogen (secondary N) is 1. The third kappa shape index (κ3) is 6.10. The number of halogens is 1. The second-order valence-electron chi connectivity index (χ2n) is 6.26. The van der Waals surface area contributed by atoms with Crippen molar-refractivity contribution in [2.24, 2.45) is 0 Å². The molecule has 0 bridgehead atoms. The van der Waals surface area contributed by atoms with Gasteiger partial charge in [-0.3, -0.25) is 9.10 Å². The topological polar surface area (TPSA) is 79.6 Å². The standard InChI is InChI=1S/C20H21FN2O4S3/c21-16-6-8-17(9-7-16)23(30(25,26)20-5-2-13-29-20)14-19(24)22-10-3-12-28-15-18-4-1-11-27-18/h1-2,4-9,11,13H,3,10,12,14-15H2,(H,22,24). The molecule has 0 spiro atoms. The number of anilines is 1. The summed E-state index contributed by atoms with van der Waals surface area (Å²) in [6.07, 6.45) is 2.37. The van der Waals surface area contributed by atoms with Gasteiger partial charge < -0.3 is 9.73 Å². The van der Waals surface area contributed by atoms with Gasteiger partial charge in [0.25, 0.3) is 10.0 Å². The first kappa shape index (κ1) is 22.4. The van der Waals surface area contributed by atoms with Crippen LogP contribution >= 0.6 is 23.1 Å². The van der Waals surface area contributed by atoms with Crippen molar-refractivity contribution in [1.29, 1.82) is 0 Å². The molecule has 0 aliphatic heterocycles. The van der Waals surface area contributed by atoms with Crippen molar-refractivity contribution in [3.8, 4) is 0 Å². The fourth-order valence-electron chi connectivity index (χ4n) is 2.60. The number of amides is 1. The molecule has 6 nitrogen and oxygen atoms in total. The van der Waals surface area contributed by atoms with E-state index in [9.17, 15) is 17.6 Å². The van der Waals surface area contributed by atoms with E-state index >= 15 is 0 Å². The van der Waals surface area contributed by atoms with E-state index in [0.717, 1.165) is 39.3 Å². The zero-order valence-corrected chi connectivity index (χ0v) is 18.4. The maximum absolute atomic E-state index is 13.3. The molecule has 0 unspecified atom stereocenters. The van der Waals surface area contributed by atoms with Gasteiger partial charge in [-0.15, -0.1) is 11.3 Å². The second kappa shape index (κ2) is 10.6. The van der Waals surface area contributed by atoms with Gasteiger partial charge in [0.05, 0.1) is 17.7 Å². The maximum atomic E-state index is 13.3. The lowest BCUT2D eigenvalue weighted by Gasteiger charge is -2.23. The molecule has 3 rings (SSSR count). The number of rotatable bonds is 11. The lowest BCUT2D eigenvalue weighted by molar-refractivity contribution is -0.119. The largest absolute Gasteiger partial charge is 0.468 e. The van der Waals surface area contributed by atoms with E-state index in [4.69, 9.17) is 4.42 Å². The van der Waals surface area contributed by atoms with Crippen LogP contribution in [0.25, 0.3) is 0 Å². The molecule has 160 valence electrons. The predicted octanol–water partition coefficient (Wildman–Crippen LogP) is 4.12. The number of nitrogens with zero attached hydrogens (tertiary/aromatic N) is 1. The monoisotopic (exact) mass is 468 g/mol. The molecule has 1 aromatic carbocycles. The summed E-state index contributed by atoms with van der Waals surface area (Å²) in [5.74, 6) is 1.59. The van der Waals surface area contributed by atoms with Crippen LogP contribution in [-0.4, -0.2) is 33.2 Å². The highest BCUT2D eigenvalue weighted by atomic mass is 32.2. The molecule has 0 atom stereocenters. The number of carbonyl (C=O) groups is 1. The van der Waals surface area contributed by atoms with Gasteiger partial charge in [-0.05, 0) is 60.0 Å². The quantitative estimate of drug-likeness (QED) is 0.428. The van der Waals surface area contributed by atoms with Crippen molar-refractivity contribution in [2.45, 2.75) is 16.4 Å². The number of sulfonamides is 1. The molecule has 0 saturated carbocycles. The Kier molecular flexibility index (Phi) is 7.94. The van der Waals surface area contributed by atoms with Crippen molar-refractivity contribution in [3.05, 3.63) is 71.8 Å². The molecule has 0 aliphatic rings. The number of thioether (sulfide) groups is 1. The van der Waals surface area contributed by atoms with Crippen molar-refractivity contribution in [2.75, 3.05) is 23.1 Å². The Bertz CT molecular complexity index is 1020. The van der Waals surface area contributed by atoms with Crippen LogP contribution in [0, 0.1) is 5.82 Å². The molecule has 1 amide bonds. The van der Waals surface area contributed by atoms with Gasteiger partial charge in [0.1, 0.15) is 22.3 Å². The summed E-state index contributed by atoms with van der Waals surface area (Å²) in [4.78, 5) is 12.4. The SMILES string of the molecule is O=C(CN(c1ccc(F)cc1)S(=O)(=O)c1cccs1)NCCCSCc1ccco1. The van der Waals surface area contributed by atoms with Crippen LogP contribution in [0.4, 0.5) is 10.1 Å². The van der Waals surface area contributed by atoms with Crippen LogP contribution in [0.1, 0.15) is 12.2 Å². The van der Waals surface area contributed by atoms with E-state index in [0.29, 0.717) is 6.54 Å². The van der Waals surface area contributed by atoms with Crippen molar-refractivity contribution in [1.82, 2.24) is 5.32 Å². The van der Waals surface area contributed by atoms with E-state index in [2.05, 4.69) is 5.32 Å². The highest BCUT2D eigenvalue weighted by Crippen LogP contribution is 2.26. The molecule has 0 fully saturated rings. The molecule has 10 heteroatoms. The van der Waals surface area contributed by atoms with Gasteiger partial charge in [0.15, 0.2) is 0 Å². The Morgan fingerprint density at radius 2 is 1.97 bits per heavy atom. The number of thiophene rings is 1. The number of hydrogen-bond donors (Lipinski definition) is 1. The summed E-state index contributed by atoms with van der Waals surface area (Å²) >= 11 is 2.75. The minimum atomic E-state index is -3.93. The number of benzene rings is 1. The molecule has 3 aromatic rings. The van der Waals surface area contributed by atoms with Gasteiger partial charge >= 0.3 is 0 Å². The third-order valence-corrected chi connectivity index (χ3v) is 8.27. The molecule has 0 saturated heterocycles. The number of carbonyl (C=O) groups excluding carboxylic acids is 1. The highest BCUT2D eigenvalue weighted by Gasteiger charge is 2.28. The first-order valence-electron chi connectivity index (χ1n) is 9.15. The van der Waals surface area contributed by atoms with Crippen LogP contribution in [-0.2, 0) is 20.6 Å². The Balaban J connectivity index is 1.56. The summed E-state index contributed by atoms with van der Waals surface area (Å²) in [7, 11) is -3.93. The zero-order chi connectivity index (χ0) is 21.4. The average Bonchev–Trinajstić information content (AvgIpc) is 3.44. The van der Waals surface area contributed by atoms with Crippen molar-refractivity contribution in [3.63, 3.8) is 0 Å². The van der Waals surface area contributed by atoms with E-state index in [1.165, 1.54) is 30.3 Å². The Hall–Kier alpha value is -2.30. The van der Waals surface area contributed by atoms with E-state index in [1.54, 1.807) is 29.5 Å². The third-order valence-electron chi connectivity index (χ3n) is 4.05. The summed E-state index contributed by atoms with van der Waals surface area (Å²) in [5.41, 5.74) is 0.231. The second-order valence-corrected chi connectivity index (χ2v) is 10.4. The number of hydrogen-bond acceptors (Lipinski definition) is 6. The Labute approximate surface area is 183 Å². The van der Waals surface area contributed by atoms with Crippen LogP contribution in [0.3, 0.4) is 0 Å². The van der Waals surface area contributed by atoms with Gasteiger partial charge in [-0.2, -0.15) is 11.8 Å². The lowest BCUT2D eigenvalue weighted by Crippen LogP contribution is -2.41. The van der Waals surface area contributed by atoms with Crippen molar-refractivity contribution < 1.29 is 22.0 Å². The van der Waals surface area contributed by atoms with Crippen LogP contribution in [0.5, 0.6) is 0 Å². The van der Waals surface area contributed by atoms with Crippen LogP contribution < -0.4 is 9.62 Å². The Morgan fingerprint density at radius 3 is 2.63 bits per heavy atom. The lowest BCUT2D eigenvalue weighted by atomic mass is 10.3. The predicted molar refractivity (Wildman–Crippen MR) is 118 cm³/mol. The minimum Gasteiger partial charge on any atom is -0.468 e. The van der Waals surface area contributed by atoms with E-state index in [-0.39, 0.29) is 16.4 Å². The maximum Gasteiger partial charge on any atom is 0.274 e. The normalized spacial score (nSPS) is 11.4. The molecular formula is C20H21FN2O4S3. The molecule has 1 N–H and O–H groups in total.